The molecule has 0 atom stereocenters. The number of allylic oxidation sites excluding steroid dienone is 1. The molecule has 3 nitrogen and oxygen atoms in total. The van der Waals surface area contributed by atoms with Crippen LogP contribution in [-0.2, 0) is 4.79 Å². The minimum absolute atomic E-state index is 0.553. The highest BCUT2D eigenvalue weighted by Gasteiger charge is 2.05. The van der Waals surface area contributed by atoms with Crippen molar-refractivity contribution in [2.24, 2.45) is 0 Å². The minimum atomic E-state index is 0.553. The van der Waals surface area contributed by atoms with Crippen LogP contribution in [0.3, 0.4) is 0 Å². The fraction of sp³-hybridized carbons (Fsp3) is 0.545. The molecule has 0 radical (unpaired) electrons. The van der Waals surface area contributed by atoms with Gasteiger partial charge in [-0.1, -0.05) is 18.7 Å². The van der Waals surface area contributed by atoms with Gasteiger partial charge in [-0.3, -0.25) is 0 Å². The third-order valence-corrected chi connectivity index (χ3v) is 2.18. The van der Waals surface area contributed by atoms with E-state index in [1.807, 2.05) is 0 Å². The van der Waals surface area contributed by atoms with Gasteiger partial charge in [-0.25, -0.2) is 5.01 Å². The lowest BCUT2D eigenvalue weighted by Gasteiger charge is -2.23. The summed E-state index contributed by atoms with van der Waals surface area (Å²) in [6, 6.07) is 0. The highest BCUT2D eigenvalue weighted by molar-refractivity contribution is 5.49. The van der Waals surface area contributed by atoms with Crippen LogP contribution in [0.25, 0.3) is 0 Å². The maximum Gasteiger partial charge on any atom is 0.120 e. The van der Waals surface area contributed by atoms with E-state index in [9.17, 15) is 4.79 Å². The minimum Gasteiger partial charge on any atom is -0.324 e. The summed E-state index contributed by atoms with van der Waals surface area (Å²) >= 11 is 0. The molecule has 14 heavy (non-hydrogen) atoms. The van der Waals surface area contributed by atoms with Crippen molar-refractivity contribution in [2.45, 2.75) is 25.7 Å². The molecule has 0 bridgehead atoms. The number of hydrogen-bond donors (Lipinski definition) is 1. The van der Waals surface area contributed by atoms with E-state index in [1.165, 1.54) is 0 Å². The summed E-state index contributed by atoms with van der Waals surface area (Å²) in [5.74, 6) is 0. The highest BCUT2D eigenvalue weighted by Crippen LogP contribution is 2.03. The standard InChI is InChI=1S/C11H18N2O/c1-11(7-6-10-14)12-13-8-4-2-3-5-9-13/h2-3,10,12H,1,4-9H2. The number of aldehydes is 1. The van der Waals surface area contributed by atoms with Crippen LogP contribution in [0.5, 0.6) is 0 Å². The summed E-state index contributed by atoms with van der Waals surface area (Å²) in [5.41, 5.74) is 4.16. The van der Waals surface area contributed by atoms with Gasteiger partial charge in [0.05, 0.1) is 0 Å². The Kier molecular flexibility index (Phi) is 5.00. The van der Waals surface area contributed by atoms with Gasteiger partial charge in [-0.15, -0.1) is 0 Å². The van der Waals surface area contributed by atoms with E-state index in [2.05, 4.69) is 29.2 Å². The summed E-state index contributed by atoms with van der Waals surface area (Å²) in [6.45, 7) is 5.91. The zero-order chi connectivity index (χ0) is 10.2. The summed E-state index contributed by atoms with van der Waals surface area (Å²) in [4.78, 5) is 10.2. The number of nitrogens with one attached hydrogen (secondary N) is 1. The van der Waals surface area contributed by atoms with Gasteiger partial charge < -0.3 is 10.2 Å². The molecule has 0 aromatic rings. The summed E-state index contributed by atoms with van der Waals surface area (Å²) in [5, 5.41) is 2.16. The Bertz CT molecular complexity index is 213. The molecule has 3 heteroatoms. The molecule has 1 aliphatic rings. The number of carbonyl (C=O) groups is 1. The molecule has 0 saturated heterocycles. The summed E-state index contributed by atoms with van der Waals surface area (Å²) in [6.07, 6.45) is 8.77. The predicted octanol–water partition coefficient (Wildman–Crippen LogP) is 1.64. The van der Waals surface area contributed by atoms with E-state index >= 15 is 0 Å². The third-order valence-electron chi connectivity index (χ3n) is 2.18. The van der Waals surface area contributed by atoms with Crippen molar-refractivity contribution in [3.63, 3.8) is 0 Å². The van der Waals surface area contributed by atoms with E-state index in [0.717, 1.165) is 44.3 Å². The largest absolute Gasteiger partial charge is 0.324 e. The quantitative estimate of drug-likeness (QED) is 0.533. The molecule has 0 fully saturated rings. The Balaban J connectivity index is 2.21. The second kappa shape index (κ2) is 6.38. The zero-order valence-corrected chi connectivity index (χ0v) is 8.54. The van der Waals surface area contributed by atoms with E-state index < -0.39 is 0 Å². The lowest BCUT2D eigenvalue weighted by Crippen LogP contribution is -2.37. The molecule has 1 N–H and O–H groups in total. The fourth-order valence-corrected chi connectivity index (χ4v) is 1.43. The van der Waals surface area contributed by atoms with Crippen molar-refractivity contribution in [3.05, 3.63) is 24.4 Å². The SMILES string of the molecule is C=C(CCC=O)NN1CCC=CCC1. The Labute approximate surface area is 85.4 Å². The molecule has 0 amide bonds. The molecule has 1 heterocycles. The van der Waals surface area contributed by atoms with Gasteiger partial charge in [0.2, 0.25) is 0 Å². The first-order chi connectivity index (χ1) is 6.83. The number of hydrazine groups is 1. The molecule has 1 rings (SSSR count). The van der Waals surface area contributed by atoms with Gasteiger partial charge >= 0.3 is 0 Å². The molecule has 0 aliphatic carbocycles. The average molecular weight is 194 g/mol. The van der Waals surface area contributed by atoms with Crippen LogP contribution < -0.4 is 5.43 Å². The van der Waals surface area contributed by atoms with Crippen molar-refractivity contribution < 1.29 is 4.79 Å². The van der Waals surface area contributed by atoms with Gasteiger partial charge in [0.15, 0.2) is 0 Å². The zero-order valence-electron chi connectivity index (χ0n) is 8.54. The van der Waals surface area contributed by atoms with E-state index in [-0.39, 0.29) is 0 Å². The van der Waals surface area contributed by atoms with Gasteiger partial charge in [-0.05, 0) is 19.3 Å². The molecule has 1 aliphatic heterocycles. The van der Waals surface area contributed by atoms with Gasteiger partial charge in [-0.2, -0.15) is 0 Å². The third kappa shape index (κ3) is 4.23. The molecule has 0 aromatic carbocycles. The highest BCUT2D eigenvalue weighted by atomic mass is 16.1. The fourth-order valence-electron chi connectivity index (χ4n) is 1.43. The number of nitrogens with zero attached hydrogens (tertiary/aromatic N) is 1. The van der Waals surface area contributed by atoms with Crippen LogP contribution in [0.4, 0.5) is 0 Å². The van der Waals surface area contributed by atoms with Crippen LogP contribution in [-0.4, -0.2) is 24.4 Å². The molecule has 0 saturated carbocycles. The smallest absolute Gasteiger partial charge is 0.120 e. The van der Waals surface area contributed by atoms with Crippen molar-refractivity contribution in [3.8, 4) is 0 Å². The monoisotopic (exact) mass is 194 g/mol. The molecule has 0 aromatic heterocycles. The molecular formula is C11H18N2O. The maximum atomic E-state index is 10.2. The van der Waals surface area contributed by atoms with E-state index in [1.54, 1.807) is 0 Å². The van der Waals surface area contributed by atoms with Crippen molar-refractivity contribution in [2.75, 3.05) is 13.1 Å². The number of hydrogen-bond acceptors (Lipinski definition) is 3. The van der Waals surface area contributed by atoms with Crippen molar-refractivity contribution in [1.29, 1.82) is 0 Å². The topological polar surface area (TPSA) is 32.3 Å². The molecular weight excluding hydrogens is 176 g/mol. The molecule has 0 unspecified atom stereocenters. The summed E-state index contributed by atoms with van der Waals surface area (Å²) in [7, 11) is 0. The first kappa shape index (κ1) is 11.0. The molecule has 0 spiro atoms. The van der Waals surface area contributed by atoms with Crippen LogP contribution in [0.2, 0.25) is 0 Å². The molecule has 78 valence electrons. The number of rotatable bonds is 5. The Morgan fingerprint density at radius 1 is 1.43 bits per heavy atom. The summed E-state index contributed by atoms with van der Waals surface area (Å²) < 4.78 is 0. The Morgan fingerprint density at radius 3 is 2.64 bits per heavy atom. The van der Waals surface area contributed by atoms with Crippen LogP contribution in [0, 0.1) is 0 Å². The Hall–Kier alpha value is -1.09. The van der Waals surface area contributed by atoms with E-state index in [4.69, 9.17) is 0 Å². The van der Waals surface area contributed by atoms with Crippen LogP contribution >= 0.6 is 0 Å². The lowest BCUT2D eigenvalue weighted by molar-refractivity contribution is -0.107. The average Bonchev–Trinajstić information content (AvgIpc) is 2.43. The van der Waals surface area contributed by atoms with Crippen LogP contribution in [0.15, 0.2) is 24.4 Å². The van der Waals surface area contributed by atoms with Crippen molar-refractivity contribution in [1.82, 2.24) is 10.4 Å². The second-order valence-electron chi connectivity index (χ2n) is 3.46. The Morgan fingerprint density at radius 2 is 2.07 bits per heavy atom. The van der Waals surface area contributed by atoms with Gasteiger partial charge in [0.1, 0.15) is 6.29 Å². The second-order valence-corrected chi connectivity index (χ2v) is 3.46. The number of carbonyl (C=O) groups excluding carboxylic acids is 1. The van der Waals surface area contributed by atoms with Crippen LogP contribution in [0.1, 0.15) is 25.7 Å². The first-order valence-corrected chi connectivity index (χ1v) is 5.11. The predicted molar refractivity (Wildman–Crippen MR) is 57.5 cm³/mol. The van der Waals surface area contributed by atoms with Gasteiger partial charge in [0.25, 0.3) is 0 Å². The normalized spacial score (nSPS) is 17.4. The lowest BCUT2D eigenvalue weighted by atomic mass is 10.3. The maximum absolute atomic E-state index is 10.2. The first-order valence-electron chi connectivity index (χ1n) is 5.11. The van der Waals surface area contributed by atoms with E-state index in [0.29, 0.717) is 6.42 Å². The van der Waals surface area contributed by atoms with Gasteiger partial charge in [0, 0.05) is 25.2 Å². The van der Waals surface area contributed by atoms with Crippen molar-refractivity contribution >= 4 is 6.29 Å².